The number of nitrogens with one attached hydrogen (secondary N) is 2. The monoisotopic (exact) mass is 478 g/mol. The summed E-state index contributed by atoms with van der Waals surface area (Å²) in [5.41, 5.74) is 10.7. The predicted molar refractivity (Wildman–Crippen MR) is 126 cm³/mol. The number of rotatable bonds is 3. The van der Waals surface area contributed by atoms with Crippen LogP contribution in [0.2, 0.25) is 0 Å². The second-order valence-electron chi connectivity index (χ2n) is 8.29. The maximum absolute atomic E-state index is 12.7. The van der Waals surface area contributed by atoms with Gasteiger partial charge in [0.25, 0.3) is 0 Å². The first kappa shape index (κ1) is 18.8. The van der Waals surface area contributed by atoms with E-state index in [9.17, 15) is 4.79 Å². The first-order valence-electron chi connectivity index (χ1n) is 10.5. The second kappa shape index (κ2) is 7.03. The molecule has 0 radical (unpaired) electrons. The number of terminal acetylenes is 1. The molecule has 0 spiro atoms. The van der Waals surface area contributed by atoms with Crippen LogP contribution in [-0.4, -0.2) is 66.1 Å². The number of H-pyrrole nitrogens is 2. The van der Waals surface area contributed by atoms with Gasteiger partial charge in [0.15, 0.2) is 0 Å². The summed E-state index contributed by atoms with van der Waals surface area (Å²) in [7, 11) is 0. The number of pyridine rings is 1. The molecule has 1 saturated heterocycles. The van der Waals surface area contributed by atoms with Crippen LogP contribution in [0, 0.1) is 12.3 Å². The van der Waals surface area contributed by atoms with Crippen LogP contribution in [0.15, 0.2) is 34.0 Å². The van der Waals surface area contributed by atoms with Crippen LogP contribution in [0.3, 0.4) is 0 Å². The minimum atomic E-state index is -0.217. The molecule has 1 aliphatic heterocycles. The number of aromatic amines is 2. The summed E-state index contributed by atoms with van der Waals surface area (Å²) in [6.45, 7) is 2.77. The van der Waals surface area contributed by atoms with Gasteiger partial charge in [-0.25, -0.2) is 0 Å². The number of hydrogen-bond acceptors (Lipinski definition) is 5. The number of aromatic nitrogens is 3. The molecule has 4 N–H and O–H groups in total. The Bertz CT molecular complexity index is 1410. The van der Waals surface area contributed by atoms with E-state index in [-0.39, 0.29) is 26.1 Å². The summed E-state index contributed by atoms with van der Waals surface area (Å²) in [4.78, 5) is 30.5. The van der Waals surface area contributed by atoms with Gasteiger partial charge < -0.3 is 0 Å². The van der Waals surface area contributed by atoms with Crippen LogP contribution >= 0.6 is 0 Å². The number of hydrogen-bond donors (Lipinski definition) is 3. The number of fused-ring (bicyclic) bond motifs is 2. The number of anilines is 2. The van der Waals surface area contributed by atoms with E-state index in [4.69, 9.17) is 12.2 Å². The van der Waals surface area contributed by atoms with E-state index in [0.717, 1.165) is 46.1 Å². The minimum Gasteiger partial charge on any atom is -0.0360 e. The summed E-state index contributed by atoms with van der Waals surface area (Å²) >= 11 is 0.133. The standard InChI is InChI=1S/C23H22N6OSe/c1-2-13-12-28(8-9-29(13)14-3-4-14)15-5-6-16-18(11-15)26-22(25-16)19-20(24)21-17(7-10-31-21)27-23(19)30/h1,5-7,10-11,13-14H,3-4,8-9,12H2,(H,25,26)(H3,24,27,30). The average molecular weight is 477 g/mol. The van der Waals surface area contributed by atoms with Crippen molar-refractivity contribution in [3.63, 3.8) is 0 Å². The topological polar surface area (TPSA) is 94.0 Å². The first-order valence-corrected chi connectivity index (χ1v) is 12.3. The molecule has 1 unspecified atom stereocenters. The van der Waals surface area contributed by atoms with Gasteiger partial charge in [0.1, 0.15) is 0 Å². The summed E-state index contributed by atoms with van der Waals surface area (Å²) < 4.78 is 1.01. The van der Waals surface area contributed by atoms with E-state index in [0.29, 0.717) is 23.1 Å². The fourth-order valence-electron chi connectivity index (χ4n) is 4.61. The molecule has 4 heterocycles. The smallest absolute Gasteiger partial charge is 0.0360 e. The number of nitrogens with two attached hydrogens (primary N) is 1. The van der Waals surface area contributed by atoms with Gasteiger partial charge in [-0.3, -0.25) is 0 Å². The first-order chi connectivity index (χ1) is 15.1. The molecule has 31 heavy (non-hydrogen) atoms. The molecule has 4 aromatic rings. The molecule has 1 atom stereocenters. The SMILES string of the molecule is C#CC1CN(c2ccc3nc(-c4c(N)c5[se]ccc5[nH]c4=O)[nH]c3c2)CCN1C1CC1. The van der Waals surface area contributed by atoms with Crippen molar-refractivity contribution < 1.29 is 0 Å². The zero-order valence-electron chi connectivity index (χ0n) is 16.9. The Kier molecular flexibility index (Phi) is 4.25. The number of nitrogen functional groups attached to an aromatic ring is 1. The summed E-state index contributed by atoms with van der Waals surface area (Å²) in [5.74, 6) is 3.49. The molecule has 1 aliphatic carbocycles. The van der Waals surface area contributed by atoms with E-state index >= 15 is 0 Å². The molecule has 3 aromatic heterocycles. The fraction of sp³-hybridized carbons (Fsp3) is 0.304. The van der Waals surface area contributed by atoms with Gasteiger partial charge in [0, 0.05) is 6.04 Å². The Hall–Kier alpha value is -2.98. The molecule has 0 amide bonds. The van der Waals surface area contributed by atoms with Gasteiger partial charge in [-0.2, -0.15) is 0 Å². The molecule has 2 fully saturated rings. The van der Waals surface area contributed by atoms with Crippen LogP contribution < -0.4 is 16.2 Å². The van der Waals surface area contributed by atoms with Gasteiger partial charge in [-0.15, -0.1) is 6.42 Å². The van der Waals surface area contributed by atoms with E-state index in [2.05, 4.69) is 47.7 Å². The Labute approximate surface area is 185 Å². The molecule has 8 heteroatoms. The Balaban J connectivity index is 1.35. The van der Waals surface area contributed by atoms with Gasteiger partial charge in [-0.1, -0.05) is 0 Å². The van der Waals surface area contributed by atoms with E-state index in [1.165, 1.54) is 12.8 Å². The number of piperazine rings is 1. The Morgan fingerprint density at radius 3 is 2.87 bits per heavy atom. The minimum absolute atomic E-state index is 0.133. The van der Waals surface area contributed by atoms with Gasteiger partial charge in [-0.05, 0) is 12.8 Å². The van der Waals surface area contributed by atoms with E-state index < -0.39 is 0 Å². The number of benzene rings is 1. The molecule has 0 bridgehead atoms. The third-order valence-corrected chi connectivity index (χ3v) is 8.34. The van der Waals surface area contributed by atoms with Crippen LogP contribution in [0.5, 0.6) is 0 Å². The van der Waals surface area contributed by atoms with Crippen LogP contribution in [0.25, 0.3) is 32.2 Å². The molecule has 1 aromatic carbocycles. The average Bonchev–Trinajstić information content (AvgIpc) is 3.36. The zero-order valence-corrected chi connectivity index (χ0v) is 18.6. The van der Waals surface area contributed by atoms with Crippen molar-refractivity contribution in [1.29, 1.82) is 0 Å². The molecular formula is C23H22N6OSe. The van der Waals surface area contributed by atoms with Crippen molar-refractivity contribution in [3.05, 3.63) is 39.6 Å². The van der Waals surface area contributed by atoms with Crippen molar-refractivity contribution in [1.82, 2.24) is 19.9 Å². The van der Waals surface area contributed by atoms with E-state index in [1.54, 1.807) is 0 Å². The fourth-order valence-corrected chi connectivity index (χ4v) is 6.32. The zero-order chi connectivity index (χ0) is 21.1. The molecular weight excluding hydrogens is 455 g/mol. The van der Waals surface area contributed by atoms with Gasteiger partial charge >= 0.3 is 160 Å². The number of nitrogens with zero attached hydrogens (tertiary/aromatic N) is 3. The molecule has 7 nitrogen and oxygen atoms in total. The van der Waals surface area contributed by atoms with Crippen molar-refractivity contribution in [2.45, 2.75) is 24.9 Å². The Morgan fingerprint density at radius 2 is 2.06 bits per heavy atom. The molecule has 2 aliphatic rings. The van der Waals surface area contributed by atoms with Crippen LogP contribution in [0.4, 0.5) is 11.4 Å². The maximum atomic E-state index is 12.7. The van der Waals surface area contributed by atoms with E-state index in [1.807, 2.05) is 12.1 Å². The second-order valence-corrected chi connectivity index (χ2v) is 10.2. The van der Waals surface area contributed by atoms with Gasteiger partial charge in [0.2, 0.25) is 0 Å². The molecule has 156 valence electrons. The third kappa shape index (κ3) is 3.09. The molecule has 6 rings (SSSR count). The Morgan fingerprint density at radius 1 is 1.19 bits per heavy atom. The predicted octanol–water partition coefficient (Wildman–Crippen LogP) is 2.00. The normalized spacial score (nSPS) is 19.8. The van der Waals surface area contributed by atoms with Crippen molar-refractivity contribution >= 4 is 46.7 Å². The van der Waals surface area contributed by atoms with Crippen molar-refractivity contribution in [3.8, 4) is 23.7 Å². The van der Waals surface area contributed by atoms with Crippen molar-refractivity contribution in [2.24, 2.45) is 0 Å². The quantitative estimate of drug-likeness (QED) is 0.310. The van der Waals surface area contributed by atoms with Crippen LogP contribution in [0.1, 0.15) is 12.8 Å². The van der Waals surface area contributed by atoms with Crippen LogP contribution in [-0.2, 0) is 0 Å². The van der Waals surface area contributed by atoms with Gasteiger partial charge in [0.05, 0.1) is 0 Å². The van der Waals surface area contributed by atoms with Crippen molar-refractivity contribution in [2.75, 3.05) is 30.3 Å². The summed E-state index contributed by atoms with van der Waals surface area (Å²) in [6, 6.07) is 8.91. The molecule has 1 saturated carbocycles. The number of imidazole rings is 1. The summed E-state index contributed by atoms with van der Waals surface area (Å²) in [6.07, 6.45) is 8.38. The summed E-state index contributed by atoms with van der Waals surface area (Å²) in [5, 5.41) is 0. The third-order valence-electron chi connectivity index (χ3n) is 6.35.